The van der Waals surface area contributed by atoms with Crippen molar-refractivity contribution in [1.82, 2.24) is 14.1 Å². The zero-order valence-electron chi connectivity index (χ0n) is 24.9. The number of aromatic nitrogens is 3. The first-order chi connectivity index (χ1) is 22.9. The molecule has 0 aliphatic rings. The van der Waals surface area contributed by atoms with Crippen molar-refractivity contribution in [2.75, 3.05) is 0 Å². The lowest BCUT2D eigenvalue weighted by atomic mass is 9.92. The number of para-hydroxylation sites is 3. The summed E-state index contributed by atoms with van der Waals surface area (Å²) in [7, 11) is 0. The van der Waals surface area contributed by atoms with E-state index in [0.717, 1.165) is 33.8 Å². The first-order valence-corrected chi connectivity index (χ1v) is 15.7. The average Bonchev–Trinajstić information content (AvgIpc) is 3.69. The van der Waals surface area contributed by atoms with Crippen LogP contribution in [0.5, 0.6) is 0 Å². The molecular formula is C43H27N3. The van der Waals surface area contributed by atoms with Gasteiger partial charge in [-0.3, -0.25) is 4.57 Å². The molecule has 0 radical (unpaired) electrons. The monoisotopic (exact) mass is 585 g/mol. The maximum atomic E-state index is 5.29. The smallest absolute Gasteiger partial charge is 0.145 e. The van der Waals surface area contributed by atoms with E-state index >= 15 is 0 Å². The van der Waals surface area contributed by atoms with Gasteiger partial charge < -0.3 is 4.57 Å². The predicted molar refractivity (Wildman–Crippen MR) is 193 cm³/mol. The quantitative estimate of drug-likeness (QED) is 0.189. The van der Waals surface area contributed by atoms with Crippen LogP contribution in [0, 0.1) is 0 Å². The summed E-state index contributed by atoms with van der Waals surface area (Å²) in [6.45, 7) is 0. The maximum absolute atomic E-state index is 5.29. The lowest BCUT2D eigenvalue weighted by Crippen LogP contribution is -1.98. The van der Waals surface area contributed by atoms with Crippen LogP contribution < -0.4 is 0 Å². The van der Waals surface area contributed by atoms with E-state index in [1.807, 2.05) is 0 Å². The third-order valence-electron chi connectivity index (χ3n) is 9.47. The molecule has 8 aromatic carbocycles. The first kappa shape index (κ1) is 25.2. The molecule has 10 rings (SSSR count). The molecule has 2 aromatic heterocycles. The molecule has 2 heterocycles. The fourth-order valence-corrected chi connectivity index (χ4v) is 7.59. The molecule has 0 spiro atoms. The molecule has 0 unspecified atom stereocenters. The second-order valence-corrected chi connectivity index (χ2v) is 11.9. The summed E-state index contributed by atoms with van der Waals surface area (Å²) in [5.41, 5.74) is 7.92. The maximum Gasteiger partial charge on any atom is 0.145 e. The second-order valence-electron chi connectivity index (χ2n) is 11.9. The van der Waals surface area contributed by atoms with Crippen LogP contribution in [-0.4, -0.2) is 14.1 Å². The van der Waals surface area contributed by atoms with Gasteiger partial charge >= 0.3 is 0 Å². The number of benzene rings is 8. The summed E-state index contributed by atoms with van der Waals surface area (Å²) in [4.78, 5) is 5.29. The highest BCUT2D eigenvalue weighted by Gasteiger charge is 2.22. The molecule has 3 heteroatoms. The van der Waals surface area contributed by atoms with E-state index in [9.17, 15) is 0 Å². The SMILES string of the molecule is c1ccc(-c2nc3ccc4c5ccc6c7ccccc7n(-c7ccccc7)c6c5c5ccccc5c4c3n2-c2ccccc2)cc1. The Kier molecular flexibility index (Phi) is 5.28. The highest BCUT2D eigenvalue weighted by molar-refractivity contribution is 6.36. The van der Waals surface area contributed by atoms with E-state index in [1.54, 1.807) is 0 Å². The van der Waals surface area contributed by atoms with Crippen molar-refractivity contribution in [1.29, 1.82) is 0 Å². The summed E-state index contributed by atoms with van der Waals surface area (Å²) in [6.07, 6.45) is 0. The summed E-state index contributed by atoms with van der Waals surface area (Å²) < 4.78 is 4.80. The van der Waals surface area contributed by atoms with Gasteiger partial charge in [0.15, 0.2) is 0 Å². The molecule has 10 aromatic rings. The third-order valence-corrected chi connectivity index (χ3v) is 9.47. The Morgan fingerprint density at radius 2 is 0.826 bits per heavy atom. The number of nitrogens with zero attached hydrogens (tertiary/aromatic N) is 3. The standard InChI is InChI=1S/C43H27N3/c1-4-14-28(15-5-1)43-44-37-27-26-35-34-24-25-36-31-20-12-13-23-38(31)45(29-16-6-2-7-17-29)41(36)39(34)32-21-10-11-22-33(32)40(35)42(37)46(43)30-18-8-3-9-19-30/h1-27H. The fraction of sp³-hybridized carbons (Fsp3) is 0. The molecule has 0 aliphatic heterocycles. The van der Waals surface area contributed by atoms with E-state index < -0.39 is 0 Å². The number of hydrogen-bond donors (Lipinski definition) is 0. The van der Waals surface area contributed by atoms with Crippen LogP contribution in [0.1, 0.15) is 0 Å². The van der Waals surface area contributed by atoms with Crippen molar-refractivity contribution >= 4 is 65.2 Å². The van der Waals surface area contributed by atoms with E-state index in [0.29, 0.717) is 0 Å². The molecule has 0 amide bonds. The molecule has 46 heavy (non-hydrogen) atoms. The molecule has 0 saturated heterocycles. The molecule has 0 fully saturated rings. The molecule has 214 valence electrons. The van der Waals surface area contributed by atoms with Gasteiger partial charge in [-0.25, -0.2) is 4.98 Å². The van der Waals surface area contributed by atoms with Gasteiger partial charge in [-0.1, -0.05) is 127 Å². The molecule has 0 atom stereocenters. The first-order valence-electron chi connectivity index (χ1n) is 15.7. The average molecular weight is 586 g/mol. The van der Waals surface area contributed by atoms with Gasteiger partial charge in [0.1, 0.15) is 5.82 Å². The Bertz CT molecular complexity index is 2750. The van der Waals surface area contributed by atoms with Crippen molar-refractivity contribution in [2.24, 2.45) is 0 Å². The van der Waals surface area contributed by atoms with Crippen molar-refractivity contribution in [3.63, 3.8) is 0 Å². The Morgan fingerprint density at radius 1 is 0.348 bits per heavy atom. The normalized spacial score (nSPS) is 11.9. The van der Waals surface area contributed by atoms with Gasteiger partial charge in [-0.15, -0.1) is 0 Å². The number of hydrogen-bond acceptors (Lipinski definition) is 1. The number of rotatable bonds is 3. The van der Waals surface area contributed by atoms with Gasteiger partial charge in [0, 0.05) is 38.5 Å². The van der Waals surface area contributed by atoms with E-state index in [-0.39, 0.29) is 0 Å². The zero-order valence-corrected chi connectivity index (χ0v) is 24.9. The Balaban J connectivity index is 1.45. The van der Waals surface area contributed by atoms with Gasteiger partial charge in [0.2, 0.25) is 0 Å². The van der Waals surface area contributed by atoms with Crippen LogP contribution in [0.2, 0.25) is 0 Å². The van der Waals surface area contributed by atoms with E-state index in [1.165, 1.54) is 54.1 Å². The predicted octanol–water partition coefficient (Wildman–Crippen LogP) is 11.2. The highest BCUT2D eigenvalue weighted by Crippen LogP contribution is 2.45. The van der Waals surface area contributed by atoms with Crippen molar-refractivity contribution in [3.05, 3.63) is 164 Å². The Labute approximate surface area is 265 Å². The van der Waals surface area contributed by atoms with Crippen LogP contribution in [0.3, 0.4) is 0 Å². The molecular weight excluding hydrogens is 558 g/mol. The van der Waals surface area contributed by atoms with E-state index in [4.69, 9.17) is 4.98 Å². The molecule has 3 nitrogen and oxygen atoms in total. The highest BCUT2D eigenvalue weighted by atomic mass is 15.1. The van der Waals surface area contributed by atoms with Crippen LogP contribution >= 0.6 is 0 Å². The van der Waals surface area contributed by atoms with Crippen molar-refractivity contribution in [3.8, 4) is 22.8 Å². The minimum absolute atomic E-state index is 0.943. The van der Waals surface area contributed by atoms with Crippen LogP contribution in [0.25, 0.3) is 87.9 Å². The molecule has 0 N–H and O–H groups in total. The van der Waals surface area contributed by atoms with Crippen molar-refractivity contribution in [2.45, 2.75) is 0 Å². The molecule has 0 saturated carbocycles. The van der Waals surface area contributed by atoms with Crippen LogP contribution in [-0.2, 0) is 0 Å². The number of imidazole rings is 1. The Morgan fingerprint density at radius 3 is 1.50 bits per heavy atom. The Hall–Kier alpha value is -6.19. The molecule has 0 aliphatic carbocycles. The summed E-state index contributed by atoms with van der Waals surface area (Å²) in [5, 5.41) is 9.95. The van der Waals surface area contributed by atoms with Gasteiger partial charge in [0.25, 0.3) is 0 Å². The van der Waals surface area contributed by atoms with Crippen LogP contribution in [0.15, 0.2) is 164 Å². The minimum Gasteiger partial charge on any atom is -0.309 e. The lowest BCUT2D eigenvalue weighted by Gasteiger charge is -2.16. The van der Waals surface area contributed by atoms with Crippen molar-refractivity contribution < 1.29 is 0 Å². The third kappa shape index (κ3) is 3.45. The summed E-state index contributed by atoms with van der Waals surface area (Å²) in [6, 6.07) is 58.8. The minimum atomic E-state index is 0.943. The second kappa shape index (κ2) is 9.65. The largest absolute Gasteiger partial charge is 0.309 e. The van der Waals surface area contributed by atoms with Gasteiger partial charge in [-0.2, -0.15) is 0 Å². The number of fused-ring (bicyclic) bond motifs is 12. The zero-order chi connectivity index (χ0) is 30.2. The topological polar surface area (TPSA) is 22.8 Å². The lowest BCUT2D eigenvalue weighted by molar-refractivity contribution is 1.11. The summed E-state index contributed by atoms with van der Waals surface area (Å²) in [5.74, 6) is 0.943. The van der Waals surface area contributed by atoms with Gasteiger partial charge in [-0.05, 0) is 57.9 Å². The molecule has 0 bridgehead atoms. The van der Waals surface area contributed by atoms with E-state index in [2.05, 4.69) is 173 Å². The summed E-state index contributed by atoms with van der Waals surface area (Å²) >= 11 is 0. The fourth-order valence-electron chi connectivity index (χ4n) is 7.59. The van der Waals surface area contributed by atoms with Gasteiger partial charge in [0.05, 0.1) is 22.1 Å². The van der Waals surface area contributed by atoms with Crippen LogP contribution in [0.4, 0.5) is 0 Å².